The molecule has 0 bridgehead atoms. The molecule has 376 valence electrons. The number of carbonyl (C=O) groups is 8. The Bertz CT molecular complexity index is 2730. The van der Waals surface area contributed by atoms with E-state index in [2.05, 4.69) is 62.8 Å². The van der Waals surface area contributed by atoms with Gasteiger partial charge in [0.05, 0.1) is 11.4 Å². The minimum absolute atomic E-state index is 0.00565. The summed E-state index contributed by atoms with van der Waals surface area (Å²) >= 11 is 0. The Kier molecular flexibility index (Phi) is 17.8. The van der Waals surface area contributed by atoms with Gasteiger partial charge in [0, 0.05) is 124 Å². The van der Waals surface area contributed by atoms with E-state index in [0.717, 1.165) is 12.1 Å². The van der Waals surface area contributed by atoms with E-state index >= 15 is 0 Å². The highest BCUT2D eigenvalue weighted by atomic mass is 16.6. The van der Waals surface area contributed by atoms with Crippen LogP contribution in [-0.2, 0) is 60.9 Å². The summed E-state index contributed by atoms with van der Waals surface area (Å²) in [6.45, 7) is 8.48. The first kappa shape index (κ1) is 52.7. The van der Waals surface area contributed by atoms with E-state index in [-0.39, 0.29) is 84.8 Å². The van der Waals surface area contributed by atoms with Gasteiger partial charge in [-0.15, -0.1) is 0 Å². The Balaban J connectivity index is 1.01. The summed E-state index contributed by atoms with van der Waals surface area (Å²) in [6, 6.07) is 3.23. The zero-order valence-corrected chi connectivity index (χ0v) is 40.7. The van der Waals surface area contributed by atoms with Crippen LogP contribution >= 0.6 is 0 Å². The Labute approximate surface area is 403 Å². The molecular formula is C44H61N17O9. The number of aryl methyl sites for hydroxylation is 5. The summed E-state index contributed by atoms with van der Waals surface area (Å²) in [6.07, 6.45) is 7.94. The predicted molar refractivity (Wildman–Crippen MR) is 257 cm³/mol. The highest BCUT2D eigenvalue weighted by molar-refractivity contribution is 6.04. The molecular weight excluding hydrogens is 911 g/mol. The molecule has 5 rings (SSSR count). The molecule has 0 aromatic carbocycles. The standard InChI is InChI=1S/C44H61N17O9/c1-10-14-46-33(62)12-16-48-40(66)36-53-30(23-59(36)7)51-34(63)11-15-45-20-28-18-26(21-57(28)5)49-41(67)37-54-31(24-60(37)8)52-35(64)13-17-47-39(65)29-19-27(22-58(29)6)50-42(68)38-55-32(25-61(38)9)56-43(69)70-44(2,3)4/h18-19,21-25,45H,10-17,20H2,1-9H3,(H,46,62)(H,47,65)(H,48,66)(H,49,67)(H,50,68)(H,51,63)(H,52,64)(H,56,69). The van der Waals surface area contributed by atoms with Gasteiger partial charge in [0.2, 0.25) is 35.2 Å². The number of aromatic nitrogens is 8. The number of anilines is 5. The van der Waals surface area contributed by atoms with Gasteiger partial charge in [0.25, 0.3) is 23.6 Å². The first-order valence-corrected chi connectivity index (χ1v) is 22.3. The third kappa shape index (κ3) is 15.4. The second kappa shape index (κ2) is 23.6. The predicted octanol–water partition coefficient (Wildman–Crippen LogP) is 1.94. The van der Waals surface area contributed by atoms with Gasteiger partial charge < -0.3 is 70.1 Å². The number of nitrogens with zero attached hydrogens (tertiary/aromatic N) is 8. The fourth-order valence-electron chi connectivity index (χ4n) is 6.64. The van der Waals surface area contributed by atoms with E-state index in [1.807, 2.05) is 11.5 Å². The third-order valence-corrected chi connectivity index (χ3v) is 9.95. The summed E-state index contributed by atoms with van der Waals surface area (Å²) in [5.74, 6) is -2.47. The van der Waals surface area contributed by atoms with Crippen molar-refractivity contribution in [1.29, 1.82) is 0 Å². The summed E-state index contributed by atoms with van der Waals surface area (Å²) in [4.78, 5) is 114. The van der Waals surface area contributed by atoms with Crippen molar-refractivity contribution in [2.24, 2.45) is 35.2 Å². The number of hydrogen-bond donors (Lipinski definition) is 9. The molecule has 0 aliphatic rings. The summed E-state index contributed by atoms with van der Waals surface area (Å²) in [5.41, 5.74) is 1.09. The van der Waals surface area contributed by atoms with Crippen LogP contribution in [0.25, 0.3) is 0 Å². The maximum absolute atomic E-state index is 13.2. The van der Waals surface area contributed by atoms with Crippen LogP contribution in [0.2, 0.25) is 0 Å². The van der Waals surface area contributed by atoms with Crippen LogP contribution in [0, 0.1) is 0 Å². The lowest BCUT2D eigenvalue weighted by atomic mass is 10.2. The maximum Gasteiger partial charge on any atom is 0.413 e. The topological polar surface area (TPSA) is 317 Å². The average molecular weight is 972 g/mol. The molecule has 26 nitrogen and oxygen atoms in total. The van der Waals surface area contributed by atoms with Gasteiger partial charge in [0.1, 0.15) is 11.3 Å². The van der Waals surface area contributed by atoms with E-state index < -0.39 is 41.2 Å². The number of hydrogen-bond acceptors (Lipinski definition) is 13. The quantitative estimate of drug-likeness (QED) is 0.0449. The number of nitrogens with one attached hydrogen (secondary N) is 9. The van der Waals surface area contributed by atoms with E-state index in [4.69, 9.17) is 4.74 Å². The molecule has 5 aromatic rings. The van der Waals surface area contributed by atoms with Crippen molar-refractivity contribution in [3.63, 3.8) is 0 Å². The van der Waals surface area contributed by atoms with E-state index in [1.165, 1.54) is 49.1 Å². The molecule has 0 fully saturated rings. The van der Waals surface area contributed by atoms with Crippen LogP contribution < -0.4 is 47.9 Å². The first-order valence-electron chi connectivity index (χ1n) is 22.3. The van der Waals surface area contributed by atoms with Crippen LogP contribution in [0.1, 0.15) is 101 Å². The van der Waals surface area contributed by atoms with Crippen LogP contribution in [0.3, 0.4) is 0 Å². The van der Waals surface area contributed by atoms with Crippen molar-refractivity contribution < 1.29 is 43.1 Å². The lowest BCUT2D eigenvalue weighted by molar-refractivity contribution is -0.121. The Morgan fingerprint density at radius 3 is 1.53 bits per heavy atom. The normalized spacial score (nSPS) is 11.1. The van der Waals surface area contributed by atoms with Crippen molar-refractivity contribution in [3.8, 4) is 0 Å². The van der Waals surface area contributed by atoms with Crippen molar-refractivity contribution in [2.75, 3.05) is 52.8 Å². The number of imidazole rings is 3. The Hall–Kier alpha value is -8.29. The summed E-state index contributed by atoms with van der Waals surface area (Å²) in [5, 5.41) is 24.6. The molecule has 70 heavy (non-hydrogen) atoms. The van der Waals surface area contributed by atoms with Gasteiger partial charge >= 0.3 is 6.09 Å². The minimum atomic E-state index is -0.723. The van der Waals surface area contributed by atoms with E-state index in [0.29, 0.717) is 31.0 Å². The van der Waals surface area contributed by atoms with Gasteiger partial charge in [-0.1, -0.05) is 6.92 Å². The molecule has 0 atom stereocenters. The highest BCUT2D eigenvalue weighted by Crippen LogP contribution is 2.18. The maximum atomic E-state index is 13.2. The zero-order valence-electron chi connectivity index (χ0n) is 40.7. The average Bonchev–Trinajstić information content (AvgIpc) is 4.09. The first-order chi connectivity index (χ1) is 33.1. The van der Waals surface area contributed by atoms with E-state index in [9.17, 15) is 38.4 Å². The van der Waals surface area contributed by atoms with E-state index in [1.54, 1.807) is 68.3 Å². The van der Waals surface area contributed by atoms with Crippen LogP contribution in [0.5, 0.6) is 0 Å². The fourth-order valence-corrected chi connectivity index (χ4v) is 6.64. The summed E-state index contributed by atoms with van der Waals surface area (Å²) < 4.78 is 12.9. The highest BCUT2D eigenvalue weighted by Gasteiger charge is 2.22. The fraction of sp³-hybridized carbons (Fsp3) is 0.432. The van der Waals surface area contributed by atoms with Gasteiger partial charge in [-0.3, -0.25) is 38.9 Å². The number of amides is 8. The second-order valence-electron chi connectivity index (χ2n) is 17.2. The smallest absolute Gasteiger partial charge is 0.413 e. The molecule has 0 saturated heterocycles. The van der Waals surface area contributed by atoms with Crippen LogP contribution in [-0.4, -0.2) is 117 Å². The SMILES string of the molecule is CCCNC(=O)CCNC(=O)c1nc(NC(=O)CCNCc2cc(NC(=O)c3nc(NC(=O)CCNC(=O)c4cc(NC(=O)c5nc(NC(=O)OC(C)(C)C)cn5C)cn4C)cn3C)cn2C)cn1C. The van der Waals surface area contributed by atoms with Gasteiger partial charge in [-0.25, -0.2) is 19.7 Å². The Morgan fingerprint density at radius 2 is 0.986 bits per heavy atom. The van der Waals surface area contributed by atoms with Crippen molar-refractivity contribution in [1.82, 2.24) is 59.1 Å². The Morgan fingerprint density at radius 1 is 0.514 bits per heavy atom. The molecule has 0 aliphatic heterocycles. The molecule has 0 radical (unpaired) electrons. The van der Waals surface area contributed by atoms with Gasteiger partial charge in [-0.2, -0.15) is 0 Å². The van der Waals surface area contributed by atoms with Crippen LogP contribution in [0.4, 0.5) is 33.6 Å². The third-order valence-electron chi connectivity index (χ3n) is 9.95. The minimum Gasteiger partial charge on any atom is -0.444 e. The zero-order chi connectivity index (χ0) is 51.3. The molecule has 26 heteroatoms. The lowest BCUT2D eigenvalue weighted by Crippen LogP contribution is -2.32. The summed E-state index contributed by atoms with van der Waals surface area (Å²) in [7, 11) is 8.23. The molecule has 8 amide bonds. The van der Waals surface area contributed by atoms with Gasteiger partial charge in [-0.05, 0) is 39.3 Å². The van der Waals surface area contributed by atoms with Gasteiger partial charge in [0.15, 0.2) is 17.5 Å². The van der Waals surface area contributed by atoms with Crippen molar-refractivity contribution >= 4 is 76.3 Å². The molecule has 0 spiro atoms. The molecule has 9 N–H and O–H groups in total. The van der Waals surface area contributed by atoms with Crippen molar-refractivity contribution in [3.05, 3.63) is 72.0 Å². The molecule has 0 aliphatic carbocycles. The molecule has 5 heterocycles. The molecule has 0 unspecified atom stereocenters. The van der Waals surface area contributed by atoms with Crippen LogP contribution in [0.15, 0.2) is 43.1 Å². The largest absolute Gasteiger partial charge is 0.444 e. The molecule has 0 saturated carbocycles. The lowest BCUT2D eigenvalue weighted by Gasteiger charge is -2.18. The molecule has 5 aromatic heterocycles. The number of ether oxygens (including phenoxy) is 1. The monoisotopic (exact) mass is 971 g/mol. The second-order valence-corrected chi connectivity index (χ2v) is 17.2. The number of rotatable bonds is 22. The number of carbonyl (C=O) groups excluding carboxylic acids is 8. The van der Waals surface area contributed by atoms with Crippen molar-refractivity contribution in [2.45, 2.75) is 65.5 Å².